The fourth-order valence-electron chi connectivity index (χ4n) is 3.65. The lowest BCUT2D eigenvalue weighted by molar-refractivity contribution is -0.137. The average Bonchev–Trinajstić information content (AvgIpc) is 3.01. The van der Waals surface area contributed by atoms with Crippen LogP contribution in [0.25, 0.3) is 5.57 Å². The molecule has 0 spiro atoms. The number of ether oxygens (including phenoxy) is 3. The molecule has 0 aromatic heterocycles. The highest BCUT2D eigenvalue weighted by molar-refractivity contribution is 6.36. The molecule has 0 unspecified atom stereocenters. The number of hydrogen-bond acceptors (Lipinski definition) is 6. The van der Waals surface area contributed by atoms with Crippen LogP contribution in [-0.4, -0.2) is 48.7 Å². The van der Waals surface area contributed by atoms with E-state index in [4.69, 9.17) is 14.2 Å². The Kier molecular flexibility index (Phi) is 8.71. The Morgan fingerprint density at radius 2 is 1.65 bits per heavy atom. The first-order valence-corrected chi connectivity index (χ1v) is 11.8. The lowest BCUT2D eigenvalue weighted by Gasteiger charge is -2.16. The number of carbonyl (C=O) groups excluding carboxylic acids is 2. The fourth-order valence-corrected chi connectivity index (χ4v) is 3.65. The number of anilines is 1. The molecule has 0 aliphatic carbocycles. The second-order valence-corrected chi connectivity index (χ2v) is 8.56. The minimum absolute atomic E-state index is 0.0400. The van der Waals surface area contributed by atoms with Crippen LogP contribution in [0.1, 0.15) is 46.6 Å². The summed E-state index contributed by atoms with van der Waals surface area (Å²) in [5, 5.41) is 3.18. The van der Waals surface area contributed by atoms with E-state index in [1.165, 1.54) is 4.90 Å². The first-order valence-electron chi connectivity index (χ1n) is 11.8. The Labute approximate surface area is 201 Å². The summed E-state index contributed by atoms with van der Waals surface area (Å²) in [5.41, 5.74) is 1.91. The van der Waals surface area contributed by atoms with Gasteiger partial charge in [0.1, 0.15) is 17.2 Å². The van der Waals surface area contributed by atoms with Crippen molar-refractivity contribution in [2.24, 2.45) is 0 Å². The Bertz CT molecular complexity index is 1030. The largest absolute Gasteiger partial charge is 0.494 e. The number of amides is 2. The van der Waals surface area contributed by atoms with Gasteiger partial charge in [-0.05, 0) is 70.9 Å². The normalized spacial score (nSPS) is 13.9. The molecule has 182 valence electrons. The van der Waals surface area contributed by atoms with Crippen molar-refractivity contribution in [1.29, 1.82) is 0 Å². The summed E-state index contributed by atoms with van der Waals surface area (Å²) in [5.74, 6) is 0.714. The zero-order chi connectivity index (χ0) is 24.7. The summed E-state index contributed by atoms with van der Waals surface area (Å²) < 4.78 is 16.9. The van der Waals surface area contributed by atoms with Crippen molar-refractivity contribution in [2.45, 2.75) is 53.2 Å². The van der Waals surface area contributed by atoms with E-state index in [1.54, 1.807) is 0 Å². The first kappa shape index (κ1) is 25.3. The van der Waals surface area contributed by atoms with Gasteiger partial charge in [0.15, 0.2) is 0 Å². The molecule has 1 aliphatic rings. The summed E-state index contributed by atoms with van der Waals surface area (Å²) in [6.07, 6.45) is 0.704. The van der Waals surface area contributed by atoms with Gasteiger partial charge in [-0.25, -0.2) is 0 Å². The van der Waals surface area contributed by atoms with Gasteiger partial charge >= 0.3 is 0 Å². The van der Waals surface area contributed by atoms with Gasteiger partial charge in [0, 0.05) is 24.9 Å². The lowest BCUT2D eigenvalue weighted by Crippen LogP contribution is -2.34. The predicted octanol–water partition coefficient (Wildman–Crippen LogP) is 4.88. The second kappa shape index (κ2) is 11.7. The lowest BCUT2D eigenvalue weighted by atomic mass is 10.0. The summed E-state index contributed by atoms with van der Waals surface area (Å²) in [6.45, 7) is 11.0. The quantitative estimate of drug-likeness (QED) is 0.355. The third-order valence-electron chi connectivity index (χ3n) is 5.07. The van der Waals surface area contributed by atoms with Crippen molar-refractivity contribution in [2.75, 3.05) is 25.1 Å². The zero-order valence-electron chi connectivity index (χ0n) is 20.6. The van der Waals surface area contributed by atoms with Gasteiger partial charge < -0.3 is 19.5 Å². The maximum atomic E-state index is 13.4. The number of rotatable bonds is 12. The van der Waals surface area contributed by atoms with Gasteiger partial charge in [0.05, 0.1) is 24.4 Å². The Balaban J connectivity index is 1.90. The molecular weight excluding hydrogens is 432 g/mol. The SMILES string of the molecule is CCOc1cccc(NC2=C(c3ccc(OC(C)C)cc3)C(=O)N(CCCOC(C)C)C2=O)c1. The van der Waals surface area contributed by atoms with Crippen LogP contribution in [-0.2, 0) is 14.3 Å². The minimum atomic E-state index is -0.353. The van der Waals surface area contributed by atoms with E-state index in [2.05, 4.69) is 5.32 Å². The summed E-state index contributed by atoms with van der Waals surface area (Å²) in [7, 11) is 0. The van der Waals surface area contributed by atoms with E-state index in [0.29, 0.717) is 48.0 Å². The van der Waals surface area contributed by atoms with Crippen molar-refractivity contribution in [3.8, 4) is 11.5 Å². The van der Waals surface area contributed by atoms with Crippen molar-refractivity contribution in [3.05, 3.63) is 59.8 Å². The molecule has 1 N–H and O–H groups in total. The number of nitrogens with one attached hydrogen (secondary N) is 1. The summed E-state index contributed by atoms with van der Waals surface area (Å²) >= 11 is 0. The molecule has 0 atom stereocenters. The topological polar surface area (TPSA) is 77.1 Å². The highest BCUT2D eigenvalue weighted by Gasteiger charge is 2.39. The Morgan fingerprint density at radius 1 is 0.912 bits per heavy atom. The fraction of sp³-hybridized carbons (Fsp3) is 0.407. The highest BCUT2D eigenvalue weighted by Crippen LogP contribution is 2.32. The van der Waals surface area contributed by atoms with E-state index in [1.807, 2.05) is 83.1 Å². The Hall–Kier alpha value is -3.32. The van der Waals surface area contributed by atoms with Gasteiger partial charge in [-0.2, -0.15) is 0 Å². The highest BCUT2D eigenvalue weighted by atomic mass is 16.5. The maximum Gasteiger partial charge on any atom is 0.278 e. The molecule has 0 fully saturated rings. The molecule has 2 aromatic carbocycles. The van der Waals surface area contributed by atoms with E-state index in [9.17, 15) is 9.59 Å². The van der Waals surface area contributed by atoms with Gasteiger partial charge in [-0.15, -0.1) is 0 Å². The maximum absolute atomic E-state index is 13.4. The third kappa shape index (κ3) is 6.38. The molecule has 0 saturated heterocycles. The molecule has 7 nitrogen and oxygen atoms in total. The number of imide groups is 1. The van der Waals surface area contributed by atoms with Gasteiger partial charge in [0.25, 0.3) is 11.8 Å². The van der Waals surface area contributed by atoms with Crippen LogP contribution in [0.2, 0.25) is 0 Å². The summed E-state index contributed by atoms with van der Waals surface area (Å²) in [6, 6.07) is 14.6. The second-order valence-electron chi connectivity index (χ2n) is 8.56. The molecule has 0 bridgehead atoms. The van der Waals surface area contributed by atoms with E-state index < -0.39 is 0 Å². The Morgan fingerprint density at radius 3 is 2.29 bits per heavy atom. The third-order valence-corrected chi connectivity index (χ3v) is 5.07. The van der Waals surface area contributed by atoms with Crippen LogP contribution in [0.4, 0.5) is 5.69 Å². The predicted molar refractivity (Wildman–Crippen MR) is 133 cm³/mol. The van der Waals surface area contributed by atoms with Crippen LogP contribution >= 0.6 is 0 Å². The minimum Gasteiger partial charge on any atom is -0.494 e. The van der Waals surface area contributed by atoms with Crippen LogP contribution in [0.3, 0.4) is 0 Å². The number of carbonyl (C=O) groups is 2. The zero-order valence-corrected chi connectivity index (χ0v) is 20.6. The van der Waals surface area contributed by atoms with Gasteiger partial charge in [-0.1, -0.05) is 18.2 Å². The molecule has 2 aromatic rings. The van der Waals surface area contributed by atoms with Crippen molar-refractivity contribution >= 4 is 23.1 Å². The molecule has 2 amide bonds. The summed E-state index contributed by atoms with van der Waals surface area (Å²) in [4.78, 5) is 28.0. The monoisotopic (exact) mass is 466 g/mol. The van der Waals surface area contributed by atoms with E-state index >= 15 is 0 Å². The smallest absolute Gasteiger partial charge is 0.278 e. The van der Waals surface area contributed by atoms with Gasteiger partial charge in [-0.3, -0.25) is 14.5 Å². The molecule has 7 heteroatoms. The number of benzene rings is 2. The van der Waals surface area contributed by atoms with Crippen molar-refractivity contribution in [1.82, 2.24) is 4.90 Å². The van der Waals surface area contributed by atoms with Crippen molar-refractivity contribution in [3.63, 3.8) is 0 Å². The van der Waals surface area contributed by atoms with Crippen LogP contribution in [0.5, 0.6) is 11.5 Å². The van der Waals surface area contributed by atoms with E-state index in [-0.39, 0.29) is 36.3 Å². The number of nitrogens with zero attached hydrogens (tertiary/aromatic N) is 1. The van der Waals surface area contributed by atoms with Crippen LogP contribution in [0.15, 0.2) is 54.2 Å². The van der Waals surface area contributed by atoms with E-state index in [0.717, 1.165) is 0 Å². The molecule has 0 radical (unpaired) electrons. The molecule has 1 heterocycles. The van der Waals surface area contributed by atoms with Crippen LogP contribution in [0, 0.1) is 0 Å². The molecule has 34 heavy (non-hydrogen) atoms. The molecule has 3 rings (SSSR count). The number of hydrogen-bond donors (Lipinski definition) is 1. The van der Waals surface area contributed by atoms with Gasteiger partial charge in [0.2, 0.25) is 0 Å². The van der Waals surface area contributed by atoms with Crippen molar-refractivity contribution < 1.29 is 23.8 Å². The standard InChI is InChI=1S/C27H34N2O5/c1-6-32-23-10-7-9-21(17-23)28-25-24(20-11-13-22(14-12-20)34-19(4)5)26(30)29(27(25)31)15-8-16-33-18(2)3/h7,9-14,17-19,28H,6,8,15-16H2,1-5H3. The average molecular weight is 467 g/mol. The molecular formula is C27H34N2O5. The van der Waals surface area contributed by atoms with Crippen LogP contribution < -0.4 is 14.8 Å². The molecule has 0 saturated carbocycles. The molecule has 1 aliphatic heterocycles. The first-order chi connectivity index (χ1) is 16.3.